The van der Waals surface area contributed by atoms with Gasteiger partial charge in [-0.1, -0.05) is 87.4 Å². The zero-order chi connectivity index (χ0) is 35.7. The van der Waals surface area contributed by atoms with Gasteiger partial charge in [-0.3, -0.25) is 0 Å². The van der Waals surface area contributed by atoms with E-state index in [1.165, 1.54) is 64.3 Å². The molecule has 263 valence electrons. The van der Waals surface area contributed by atoms with Crippen molar-refractivity contribution in [2.75, 3.05) is 0 Å². The summed E-state index contributed by atoms with van der Waals surface area (Å²) in [4.78, 5) is 9.19. The first-order valence-electron chi connectivity index (χ1n) is 17.9. The average molecular weight is 874 g/mol. The second kappa shape index (κ2) is 15.5. The van der Waals surface area contributed by atoms with E-state index in [1.807, 2.05) is 30.6 Å². The van der Waals surface area contributed by atoms with Crippen molar-refractivity contribution < 1.29 is 24.5 Å². The molecule has 7 aromatic rings. The topological polar surface area (TPSA) is 62.7 Å². The van der Waals surface area contributed by atoms with Crippen LogP contribution < -0.4 is 5.19 Å². The third-order valence-electron chi connectivity index (χ3n) is 10.0. The Kier molecular flexibility index (Phi) is 11.1. The summed E-state index contributed by atoms with van der Waals surface area (Å²) in [5.41, 5.74) is 14.4. The second-order valence-electron chi connectivity index (χ2n) is 15.0. The molecule has 0 atom stereocenters. The second-order valence-corrected chi connectivity index (χ2v) is 20.0. The molecule has 3 heterocycles. The van der Waals surface area contributed by atoms with Gasteiger partial charge >= 0.3 is 0 Å². The van der Waals surface area contributed by atoms with E-state index in [1.54, 1.807) is 12.1 Å². The third-order valence-corrected chi connectivity index (χ3v) is 12.0. The SMILES string of the molecule is C[Si](C)(C)c1ccc(-c2[c-]cc(C#N)cc2)nc1.Cc1cnc(-c2[c-]cc3oc4cc(-c5cccc6c5CCCC6)ccc4c3c2)cc1C(C)C.[Ir]. The van der Waals surface area contributed by atoms with Crippen molar-refractivity contribution in [3.05, 3.63) is 137 Å². The van der Waals surface area contributed by atoms with Crippen LogP contribution in [0.5, 0.6) is 0 Å². The summed E-state index contributed by atoms with van der Waals surface area (Å²) < 4.78 is 6.28. The Labute approximate surface area is 322 Å². The van der Waals surface area contributed by atoms with E-state index in [-0.39, 0.29) is 20.1 Å². The Balaban J connectivity index is 0.000000208. The van der Waals surface area contributed by atoms with Crippen LogP contribution in [0, 0.1) is 30.4 Å². The van der Waals surface area contributed by atoms with Crippen molar-refractivity contribution >= 4 is 35.2 Å². The number of furan rings is 1. The molecule has 8 rings (SSSR count). The summed E-state index contributed by atoms with van der Waals surface area (Å²) in [6.07, 6.45) is 8.88. The van der Waals surface area contributed by atoms with Gasteiger partial charge < -0.3 is 14.4 Å². The minimum Gasteiger partial charge on any atom is -0.500 e. The Morgan fingerprint density at radius 3 is 2.29 bits per heavy atom. The van der Waals surface area contributed by atoms with Gasteiger partial charge in [-0.25, -0.2) is 5.26 Å². The van der Waals surface area contributed by atoms with Crippen LogP contribution in [0.15, 0.2) is 102 Å². The van der Waals surface area contributed by atoms with E-state index in [0.717, 1.165) is 44.5 Å². The molecule has 0 unspecified atom stereocenters. The van der Waals surface area contributed by atoms with Crippen LogP contribution in [0.1, 0.15) is 60.4 Å². The molecule has 4 aromatic carbocycles. The first kappa shape index (κ1) is 37.1. The molecule has 1 aliphatic rings. The van der Waals surface area contributed by atoms with Crippen molar-refractivity contribution in [1.82, 2.24) is 9.97 Å². The Bertz CT molecular complexity index is 2400. The van der Waals surface area contributed by atoms with E-state index >= 15 is 0 Å². The van der Waals surface area contributed by atoms with Gasteiger partial charge in [0.15, 0.2) is 0 Å². The number of rotatable bonds is 5. The molecule has 0 spiro atoms. The Morgan fingerprint density at radius 2 is 1.58 bits per heavy atom. The fourth-order valence-corrected chi connectivity index (χ4v) is 8.08. The summed E-state index contributed by atoms with van der Waals surface area (Å²) in [5, 5.41) is 12.4. The molecule has 52 heavy (non-hydrogen) atoms. The van der Waals surface area contributed by atoms with E-state index in [2.05, 4.69) is 118 Å². The van der Waals surface area contributed by atoms with Crippen molar-refractivity contribution in [2.24, 2.45) is 0 Å². The Morgan fingerprint density at radius 1 is 0.788 bits per heavy atom. The monoisotopic (exact) mass is 874 g/mol. The summed E-state index contributed by atoms with van der Waals surface area (Å²) in [5.74, 6) is 0.465. The number of hydrogen-bond acceptors (Lipinski definition) is 4. The van der Waals surface area contributed by atoms with Gasteiger partial charge in [-0.15, -0.1) is 53.6 Å². The van der Waals surface area contributed by atoms with Gasteiger partial charge in [-0.2, -0.15) is 0 Å². The predicted octanol–water partition coefficient (Wildman–Crippen LogP) is 11.4. The molecule has 1 aliphatic carbocycles. The number of aryl methyl sites for hydroxylation is 2. The largest absolute Gasteiger partial charge is 0.500 e. The zero-order valence-electron chi connectivity index (χ0n) is 30.7. The Hall–Kier alpha value is -4.66. The number of benzene rings is 4. The summed E-state index contributed by atoms with van der Waals surface area (Å²) in [6.45, 7) is 13.5. The fourth-order valence-electron chi connectivity index (χ4n) is 7.05. The normalized spacial score (nSPS) is 12.5. The molecule has 3 aromatic heterocycles. The van der Waals surface area contributed by atoms with Gasteiger partial charge in [0.05, 0.1) is 13.7 Å². The number of nitriles is 1. The third kappa shape index (κ3) is 7.74. The molecule has 0 saturated carbocycles. The van der Waals surface area contributed by atoms with Gasteiger partial charge in [0.25, 0.3) is 0 Å². The fraction of sp³-hybridized carbons (Fsp3) is 0.239. The molecule has 6 heteroatoms. The summed E-state index contributed by atoms with van der Waals surface area (Å²) >= 11 is 0. The van der Waals surface area contributed by atoms with Crippen molar-refractivity contribution in [2.45, 2.75) is 72.0 Å². The molecule has 1 radical (unpaired) electrons. The maximum absolute atomic E-state index is 8.74. The van der Waals surface area contributed by atoms with E-state index in [9.17, 15) is 0 Å². The van der Waals surface area contributed by atoms with E-state index < -0.39 is 8.07 Å². The molecule has 0 N–H and O–H groups in total. The molecule has 0 aliphatic heterocycles. The molecule has 0 saturated heterocycles. The minimum atomic E-state index is -1.29. The van der Waals surface area contributed by atoms with E-state index in [4.69, 9.17) is 14.7 Å². The number of aromatic nitrogens is 2. The minimum absolute atomic E-state index is 0. The maximum Gasteiger partial charge on any atom is 0.121 e. The number of hydrogen-bond donors (Lipinski definition) is 0. The maximum atomic E-state index is 8.74. The van der Waals surface area contributed by atoms with Crippen LogP contribution in [-0.4, -0.2) is 18.0 Å². The van der Waals surface area contributed by atoms with Crippen molar-refractivity contribution in [1.29, 1.82) is 5.26 Å². The van der Waals surface area contributed by atoms with Crippen LogP contribution >= 0.6 is 0 Å². The molecule has 0 amide bonds. The molecular weight excluding hydrogens is 831 g/mol. The number of pyridine rings is 2. The van der Waals surface area contributed by atoms with Crippen LogP contribution in [0.3, 0.4) is 0 Å². The molecular formula is C46H43IrN3OSi-2. The number of fused-ring (bicyclic) bond motifs is 4. The number of nitrogens with zero attached hydrogens (tertiary/aromatic N) is 3. The van der Waals surface area contributed by atoms with Gasteiger partial charge in [0, 0.05) is 44.0 Å². The first-order valence-corrected chi connectivity index (χ1v) is 21.4. The van der Waals surface area contributed by atoms with E-state index in [0.29, 0.717) is 11.5 Å². The summed E-state index contributed by atoms with van der Waals surface area (Å²) in [7, 11) is -1.29. The zero-order valence-corrected chi connectivity index (χ0v) is 34.1. The quantitative estimate of drug-likeness (QED) is 0.128. The van der Waals surface area contributed by atoms with Gasteiger partial charge in [0.2, 0.25) is 0 Å². The van der Waals surface area contributed by atoms with Crippen molar-refractivity contribution in [3.8, 4) is 39.7 Å². The van der Waals surface area contributed by atoms with Crippen LogP contribution in [-0.2, 0) is 32.9 Å². The van der Waals surface area contributed by atoms with Crippen LogP contribution in [0.4, 0.5) is 0 Å². The summed E-state index contributed by atoms with van der Waals surface area (Å²) in [6, 6.07) is 37.9. The van der Waals surface area contributed by atoms with Gasteiger partial charge in [-0.05, 0) is 100 Å². The van der Waals surface area contributed by atoms with Crippen molar-refractivity contribution in [3.63, 3.8) is 0 Å². The molecule has 0 bridgehead atoms. The standard InChI is InChI=1S/C31H28NO.C15H15N2Si.Ir/c1-19(2)27-17-29(32-18-20(27)3)23-12-14-30-28(15-23)26-13-11-22(16-31(26)33-30)25-10-6-8-21-7-4-5-9-24(21)25;1-18(2,3)14-8-9-15(17-11-14)13-6-4-12(10-16)5-7-13;/h6,8,10-11,13-19H,4-5,7,9H2,1-3H3;4-6,8-9,11H,1-3H3;/q2*-1;. The van der Waals surface area contributed by atoms with Gasteiger partial charge in [0.1, 0.15) is 5.58 Å². The molecule has 0 fully saturated rings. The smallest absolute Gasteiger partial charge is 0.121 e. The first-order chi connectivity index (χ1) is 24.6. The average Bonchev–Trinajstić information content (AvgIpc) is 3.52. The molecule has 4 nitrogen and oxygen atoms in total. The van der Waals surface area contributed by atoms with Crippen LogP contribution in [0.2, 0.25) is 19.6 Å². The van der Waals surface area contributed by atoms with Crippen LogP contribution in [0.25, 0.3) is 55.6 Å². The predicted molar refractivity (Wildman–Crippen MR) is 213 cm³/mol.